The SMILES string of the molecule is CN1CCc2c(-c3ccccc3)cc3c(c2C1)NC(=O)C3=Cc1ccccn1. The van der Waals surface area contributed by atoms with E-state index in [2.05, 4.69) is 52.6 Å². The molecule has 1 N–H and O–H groups in total. The van der Waals surface area contributed by atoms with Gasteiger partial charge in [-0.3, -0.25) is 9.78 Å². The van der Waals surface area contributed by atoms with Gasteiger partial charge in [-0.25, -0.2) is 0 Å². The first-order valence-corrected chi connectivity index (χ1v) is 9.58. The van der Waals surface area contributed by atoms with Crippen molar-refractivity contribution in [2.45, 2.75) is 13.0 Å². The van der Waals surface area contributed by atoms with Gasteiger partial charge in [0.05, 0.1) is 17.0 Å². The number of nitrogens with zero attached hydrogens (tertiary/aromatic N) is 2. The molecule has 0 unspecified atom stereocenters. The van der Waals surface area contributed by atoms with E-state index < -0.39 is 0 Å². The molecule has 5 rings (SSSR count). The van der Waals surface area contributed by atoms with E-state index in [1.54, 1.807) is 6.20 Å². The van der Waals surface area contributed by atoms with Gasteiger partial charge in [0.2, 0.25) is 0 Å². The largest absolute Gasteiger partial charge is 0.321 e. The van der Waals surface area contributed by atoms with Crippen LogP contribution in [0.4, 0.5) is 5.69 Å². The van der Waals surface area contributed by atoms with E-state index in [0.29, 0.717) is 5.57 Å². The Morgan fingerprint density at radius 2 is 1.86 bits per heavy atom. The third kappa shape index (κ3) is 2.83. The highest BCUT2D eigenvalue weighted by atomic mass is 16.2. The zero-order valence-electron chi connectivity index (χ0n) is 15.8. The number of nitrogens with one attached hydrogen (secondary N) is 1. The van der Waals surface area contributed by atoms with Crippen LogP contribution in [-0.4, -0.2) is 29.4 Å². The van der Waals surface area contributed by atoms with Gasteiger partial charge >= 0.3 is 0 Å². The summed E-state index contributed by atoms with van der Waals surface area (Å²) in [5.41, 5.74) is 8.43. The molecule has 0 saturated heterocycles. The Bertz CT molecular complexity index is 1090. The van der Waals surface area contributed by atoms with Gasteiger partial charge in [0, 0.05) is 24.8 Å². The van der Waals surface area contributed by atoms with Crippen molar-refractivity contribution in [2.24, 2.45) is 0 Å². The van der Waals surface area contributed by atoms with Crippen molar-refractivity contribution >= 4 is 23.2 Å². The van der Waals surface area contributed by atoms with Crippen LogP contribution < -0.4 is 5.32 Å². The first-order valence-electron chi connectivity index (χ1n) is 9.58. The monoisotopic (exact) mass is 367 g/mol. The van der Waals surface area contributed by atoms with Gasteiger partial charge in [-0.05, 0) is 60.0 Å². The predicted molar refractivity (Wildman–Crippen MR) is 113 cm³/mol. The second-order valence-electron chi connectivity index (χ2n) is 7.42. The smallest absolute Gasteiger partial charge is 0.256 e. The third-order valence-electron chi connectivity index (χ3n) is 5.56. The summed E-state index contributed by atoms with van der Waals surface area (Å²) in [5.74, 6) is -0.0544. The molecular formula is C24H21N3O. The topological polar surface area (TPSA) is 45.2 Å². The molecule has 0 fully saturated rings. The van der Waals surface area contributed by atoms with E-state index in [1.807, 2.05) is 30.3 Å². The number of carbonyl (C=O) groups excluding carboxylic acids is 1. The van der Waals surface area contributed by atoms with Gasteiger partial charge in [0.25, 0.3) is 5.91 Å². The average Bonchev–Trinajstić information content (AvgIpc) is 3.04. The molecule has 0 spiro atoms. The molecule has 138 valence electrons. The third-order valence-corrected chi connectivity index (χ3v) is 5.56. The lowest BCUT2D eigenvalue weighted by Gasteiger charge is -2.29. The van der Waals surface area contributed by atoms with E-state index in [9.17, 15) is 4.79 Å². The first-order chi connectivity index (χ1) is 13.7. The van der Waals surface area contributed by atoms with Crippen LogP contribution in [0.2, 0.25) is 0 Å². The van der Waals surface area contributed by atoms with Crippen molar-refractivity contribution in [3.05, 3.63) is 83.2 Å². The summed E-state index contributed by atoms with van der Waals surface area (Å²) in [7, 11) is 2.13. The van der Waals surface area contributed by atoms with Gasteiger partial charge in [-0.15, -0.1) is 0 Å². The number of aromatic nitrogens is 1. The number of likely N-dealkylation sites (N-methyl/N-ethyl adjacent to an activating group) is 1. The van der Waals surface area contributed by atoms with Crippen LogP contribution in [0, 0.1) is 0 Å². The number of amides is 1. The average molecular weight is 367 g/mol. The Balaban J connectivity index is 1.74. The lowest BCUT2D eigenvalue weighted by atomic mass is 9.86. The lowest BCUT2D eigenvalue weighted by Crippen LogP contribution is -2.27. The zero-order chi connectivity index (χ0) is 19.1. The Hall–Kier alpha value is -3.24. The second-order valence-corrected chi connectivity index (χ2v) is 7.42. The molecule has 1 aromatic heterocycles. The minimum atomic E-state index is -0.0544. The first kappa shape index (κ1) is 16.9. The van der Waals surface area contributed by atoms with E-state index in [1.165, 1.54) is 22.3 Å². The summed E-state index contributed by atoms with van der Waals surface area (Å²) in [5, 5.41) is 3.13. The number of hydrogen-bond acceptors (Lipinski definition) is 3. The predicted octanol–water partition coefficient (Wildman–Crippen LogP) is 4.23. The minimum Gasteiger partial charge on any atom is -0.321 e. The van der Waals surface area contributed by atoms with Crippen molar-refractivity contribution in [2.75, 3.05) is 18.9 Å². The summed E-state index contributed by atoms with van der Waals surface area (Å²) in [6.45, 7) is 1.87. The molecule has 2 aromatic carbocycles. The number of fused-ring (bicyclic) bond motifs is 3. The second kappa shape index (κ2) is 6.73. The number of carbonyl (C=O) groups is 1. The van der Waals surface area contributed by atoms with Crippen molar-refractivity contribution in [1.82, 2.24) is 9.88 Å². The highest BCUT2D eigenvalue weighted by molar-refractivity contribution is 6.35. The van der Waals surface area contributed by atoms with Crippen molar-refractivity contribution in [3.63, 3.8) is 0 Å². The summed E-state index contributed by atoms with van der Waals surface area (Å²) in [6.07, 6.45) is 4.62. The number of pyridine rings is 1. The van der Waals surface area contributed by atoms with Gasteiger partial charge in [-0.1, -0.05) is 36.4 Å². The molecule has 0 saturated carbocycles. The van der Waals surface area contributed by atoms with Crippen molar-refractivity contribution in [3.8, 4) is 11.1 Å². The number of hydrogen-bond donors (Lipinski definition) is 1. The van der Waals surface area contributed by atoms with E-state index in [-0.39, 0.29) is 5.91 Å². The molecule has 0 atom stereocenters. The van der Waals surface area contributed by atoms with Crippen LogP contribution in [0.5, 0.6) is 0 Å². The Kier molecular flexibility index (Phi) is 4.06. The van der Waals surface area contributed by atoms with E-state index in [4.69, 9.17) is 0 Å². The number of anilines is 1. The molecule has 3 heterocycles. The summed E-state index contributed by atoms with van der Waals surface area (Å²) < 4.78 is 0. The minimum absolute atomic E-state index is 0.0544. The summed E-state index contributed by atoms with van der Waals surface area (Å²) in [4.78, 5) is 19.5. The van der Waals surface area contributed by atoms with Crippen LogP contribution in [0.25, 0.3) is 22.8 Å². The standard InChI is InChI=1S/C24H21N3O/c1-27-12-10-18-19(16-7-3-2-4-8-16)14-20-21(13-17-9-5-6-11-25-17)24(28)26-23(20)22(18)15-27/h2-9,11,13-14H,10,12,15H2,1H3,(H,26,28). The normalized spacial score (nSPS) is 17.3. The fourth-order valence-corrected chi connectivity index (χ4v) is 4.18. The Labute approximate surface area is 164 Å². The van der Waals surface area contributed by atoms with E-state index in [0.717, 1.165) is 36.5 Å². The fraction of sp³-hybridized carbons (Fsp3) is 0.167. The molecule has 0 bridgehead atoms. The Morgan fingerprint density at radius 3 is 2.64 bits per heavy atom. The maximum absolute atomic E-state index is 12.8. The lowest BCUT2D eigenvalue weighted by molar-refractivity contribution is -0.110. The fourth-order valence-electron chi connectivity index (χ4n) is 4.18. The number of benzene rings is 2. The van der Waals surface area contributed by atoms with Gasteiger partial charge < -0.3 is 10.2 Å². The van der Waals surface area contributed by atoms with Crippen LogP contribution in [0.1, 0.15) is 22.4 Å². The van der Waals surface area contributed by atoms with Crippen molar-refractivity contribution < 1.29 is 4.79 Å². The molecule has 2 aliphatic rings. The molecule has 4 nitrogen and oxygen atoms in total. The van der Waals surface area contributed by atoms with Gasteiger partial charge in [0.1, 0.15) is 0 Å². The molecule has 28 heavy (non-hydrogen) atoms. The van der Waals surface area contributed by atoms with Crippen LogP contribution in [-0.2, 0) is 17.8 Å². The van der Waals surface area contributed by atoms with Crippen LogP contribution >= 0.6 is 0 Å². The van der Waals surface area contributed by atoms with Crippen LogP contribution in [0.3, 0.4) is 0 Å². The molecule has 0 radical (unpaired) electrons. The number of rotatable bonds is 2. The summed E-state index contributed by atoms with van der Waals surface area (Å²) in [6, 6.07) is 18.4. The maximum atomic E-state index is 12.8. The highest BCUT2D eigenvalue weighted by Crippen LogP contribution is 2.43. The van der Waals surface area contributed by atoms with Crippen molar-refractivity contribution in [1.29, 1.82) is 0 Å². The molecule has 0 aliphatic carbocycles. The maximum Gasteiger partial charge on any atom is 0.256 e. The van der Waals surface area contributed by atoms with Gasteiger partial charge in [0.15, 0.2) is 0 Å². The molecular weight excluding hydrogens is 346 g/mol. The molecule has 1 amide bonds. The van der Waals surface area contributed by atoms with E-state index >= 15 is 0 Å². The zero-order valence-corrected chi connectivity index (χ0v) is 15.8. The molecule has 2 aliphatic heterocycles. The summed E-state index contributed by atoms with van der Waals surface area (Å²) >= 11 is 0. The molecule has 3 aromatic rings. The highest BCUT2D eigenvalue weighted by Gasteiger charge is 2.31. The molecule has 4 heteroatoms. The Morgan fingerprint density at radius 1 is 1.04 bits per heavy atom. The van der Waals surface area contributed by atoms with Gasteiger partial charge in [-0.2, -0.15) is 0 Å². The van der Waals surface area contributed by atoms with Crippen LogP contribution in [0.15, 0.2) is 60.8 Å². The quantitative estimate of drug-likeness (QED) is 0.690.